The molecule has 8 nitrogen and oxygen atoms in total. The molecule has 1 saturated heterocycles. The quantitative estimate of drug-likeness (QED) is 0.808. The van der Waals surface area contributed by atoms with Crippen LogP contribution in [0.3, 0.4) is 0 Å². The maximum Gasteiger partial charge on any atom is 0.266 e. The van der Waals surface area contributed by atoms with Gasteiger partial charge in [-0.25, -0.2) is 27.7 Å². The second kappa shape index (κ2) is 7.48. The van der Waals surface area contributed by atoms with Crippen LogP contribution in [0, 0.1) is 5.41 Å². The average Bonchev–Trinajstić information content (AvgIpc) is 2.97. The molecule has 10 heteroatoms. The molecule has 3 heterocycles. The molecule has 0 saturated carbocycles. The van der Waals surface area contributed by atoms with Crippen molar-refractivity contribution in [2.24, 2.45) is 10.4 Å². The Kier molecular flexibility index (Phi) is 5.60. The molecule has 0 radical (unpaired) electrons. The fourth-order valence-electron chi connectivity index (χ4n) is 2.98. The highest BCUT2D eigenvalue weighted by Crippen LogP contribution is 2.41. The molecule has 3 rings (SSSR count). The van der Waals surface area contributed by atoms with Crippen LogP contribution in [-0.2, 0) is 14.8 Å². The summed E-state index contributed by atoms with van der Waals surface area (Å²) in [5.41, 5.74) is 0.468. The zero-order chi connectivity index (χ0) is 19.8. The summed E-state index contributed by atoms with van der Waals surface area (Å²) in [6, 6.07) is 1.85. The van der Waals surface area contributed by atoms with E-state index in [0.29, 0.717) is 37.6 Å². The Bertz CT molecular complexity index is 856. The van der Waals surface area contributed by atoms with Crippen LogP contribution in [0.15, 0.2) is 17.3 Å². The van der Waals surface area contributed by atoms with Crippen molar-refractivity contribution in [2.45, 2.75) is 44.9 Å². The van der Waals surface area contributed by atoms with Gasteiger partial charge >= 0.3 is 0 Å². The first-order chi connectivity index (χ1) is 12.5. The Morgan fingerprint density at radius 2 is 1.93 bits per heavy atom. The molecule has 1 fully saturated rings. The number of hydrogen-bond donors (Lipinski definition) is 1. The SMILES string of the molecule is CC(C)(C)C1=NC(=O)C(c2ccnc(NC3CCN(S(C)(=O)=O)CC3)n2)S1. The summed E-state index contributed by atoms with van der Waals surface area (Å²) in [5.74, 6) is 0.277. The first-order valence-corrected chi connectivity index (χ1v) is 11.6. The summed E-state index contributed by atoms with van der Waals surface area (Å²) >= 11 is 1.45. The summed E-state index contributed by atoms with van der Waals surface area (Å²) < 4.78 is 24.7. The molecule has 0 aliphatic carbocycles. The predicted molar refractivity (Wildman–Crippen MR) is 107 cm³/mol. The van der Waals surface area contributed by atoms with Gasteiger partial charge in [-0.15, -0.1) is 0 Å². The van der Waals surface area contributed by atoms with Gasteiger partial charge in [-0.2, -0.15) is 0 Å². The lowest BCUT2D eigenvalue weighted by molar-refractivity contribution is -0.117. The van der Waals surface area contributed by atoms with Gasteiger partial charge in [0.15, 0.2) is 0 Å². The van der Waals surface area contributed by atoms with Gasteiger partial charge in [0.25, 0.3) is 5.91 Å². The summed E-state index contributed by atoms with van der Waals surface area (Å²) in [6.45, 7) is 7.06. The van der Waals surface area contributed by atoms with E-state index in [1.807, 2.05) is 20.8 Å². The third kappa shape index (κ3) is 4.85. The fraction of sp³-hybridized carbons (Fsp3) is 0.647. The molecular formula is C17H25N5O3S2. The van der Waals surface area contributed by atoms with Gasteiger partial charge in [0.05, 0.1) is 17.0 Å². The molecule has 0 aromatic carbocycles. The number of rotatable bonds is 4. The van der Waals surface area contributed by atoms with E-state index in [-0.39, 0.29) is 17.4 Å². The standard InChI is InChI=1S/C17H25N5O3S2/c1-17(2,3)15-21-14(23)13(26-15)12-5-8-18-16(20-12)19-11-6-9-22(10-7-11)27(4,24)25/h5,8,11,13H,6-7,9-10H2,1-4H3,(H,18,19,20). The Labute approximate surface area is 164 Å². The van der Waals surface area contributed by atoms with Crippen molar-refractivity contribution in [1.82, 2.24) is 14.3 Å². The van der Waals surface area contributed by atoms with Crippen molar-refractivity contribution >= 4 is 38.7 Å². The molecule has 1 aromatic rings. The van der Waals surface area contributed by atoms with Crippen LogP contribution in [0.4, 0.5) is 5.95 Å². The molecule has 148 valence electrons. The van der Waals surface area contributed by atoms with Crippen LogP contribution < -0.4 is 5.32 Å². The molecule has 1 unspecified atom stereocenters. The Morgan fingerprint density at radius 3 is 2.48 bits per heavy atom. The van der Waals surface area contributed by atoms with E-state index in [1.54, 1.807) is 12.3 Å². The Morgan fingerprint density at radius 1 is 1.26 bits per heavy atom. The van der Waals surface area contributed by atoms with E-state index in [1.165, 1.54) is 22.3 Å². The summed E-state index contributed by atoms with van der Waals surface area (Å²) in [7, 11) is -3.14. The van der Waals surface area contributed by atoms with E-state index in [4.69, 9.17) is 0 Å². The van der Waals surface area contributed by atoms with Gasteiger partial charge in [-0.1, -0.05) is 32.5 Å². The number of anilines is 1. The lowest BCUT2D eigenvalue weighted by Gasteiger charge is -2.30. The molecule has 0 spiro atoms. The molecule has 27 heavy (non-hydrogen) atoms. The van der Waals surface area contributed by atoms with E-state index in [2.05, 4.69) is 20.3 Å². The van der Waals surface area contributed by atoms with Crippen molar-refractivity contribution in [2.75, 3.05) is 24.7 Å². The second-order valence-corrected chi connectivity index (χ2v) is 11.0. The smallest absolute Gasteiger partial charge is 0.266 e. The Hall–Kier alpha value is -1.52. The number of piperidine rings is 1. The van der Waals surface area contributed by atoms with E-state index in [0.717, 1.165) is 5.04 Å². The summed E-state index contributed by atoms with van der Waals surface area (Å²) in [4.78, 5) is 25.3. The van der Waals surface area contributed by atoms with Crippen LogP contribution in [-0.4, -0.2) is 59.0 Å². The molecule has 2 aliphatic heterocycles. The highest BCUT2D eigenvalue weighted by molar-refractivity contribution is 8.15. The number of thioether (sulfide) groups is 1. The van der Waals surface area contributed by atoms with Crippen molar-refractivity contribution in [3.8, 4) is 0 Å². The van der Waals surface area contributed by atoms with Crippen LogP contribution >= 0.6 is 11.8 Å². The minimum atomic E-state index is -3.14. The minimum Gasteiger partial charge on any atom is -0.351 e. The lowest BCUT2D eigenvalue weighted by Crippen LogP contribution is -2.42. The number of amides is 1. The monoisotopic (exact) mass is 411 g/mol. The van der Waals surface area contributed by atoms with Crippen molar-refractivity contribution < 1.29 is 13.2 Å². The third-order valence-electron chi connectivity index (χ3n) is 4.51. The van der Waals surface area contributed by atoms with Gasteiger partial charge < -0.3 is 5.32 Å². The topological polar surface area (TPSA) is 105 Å². The second-order valence-electron chi connectivity index (χ2n) is 7.89. The van der Waals surface area contributed by atoms with E-state index < -0.39 is 15.3 Å². The number of carbonyl (C=O) groups is 1. The summed E-state index contributed by atoms with van der Waals surface area (Å²) in [5, 5.41) is 3.65. The number of nitrogens with zero attached hydrogens (tertiary/aromatic N) is 4. The number of sulfonamides is 1. The molecule has 1 aromatic heterocycles. The highest BCUT2D eigenvalue weighted by atomic mass is 32.2. The maximum atomic E-state index is 12.3. The maximum absolute atomic E-state index is 12.3. The minimum absolute atomic E-state index is 0.103. The third-order valence-corrected chi connectivity index (χ3v) is 7.42. The van der Waals surface area contributed by atoms with Gasteiger partial charge in [0, 0.05) is 30.7 Å². The van der Waals surface area contributed by atoms with Crippen LogP contribution in [0.2, 0.25) is 0 Å². The first-order valence-electron chi connectivity index (χ1n) is 8.88. The molecular weight excluding hydrogens is 386 g/mol. The van der Waals surface area contributed by atoms with Gasteiger partial charge in [-0.3, -0.25) is 4.79 Å². The van der Waals surface area contributed by atoms with Crippen molar-refractivity contribution in [1.29, 1.82) is 0 Å². The number of aliphatic imine (C=N–C) groups is 1. The van der Waals surface area contributed by atoms with E-state index >= 15 is 0 Å². The van der Waals surface area contributed by atoms with Gasteiger partial charge in [-0.05, 0) is 18.9 Å². The fourth-order valence-corrected chi connectivity index (χ4v) is 4.98. The zero-order valence-corrected chi connectivity index (χ0v) is 17.6. The predicted octanol–water partition coefficient (Wildman–Crippen LogP) is 2.07. The van der Waals surface area contributed by atoms with Crippen molar-refractivity contribution in [3.63, 3.8) is 0 Å². The Balaban J connectivity index is 1.65. The normalized spacial score (nSPS) is 22.7. The lowest BCUT2D eigenvalue weighted by atomic mass is 9.99. The van der Waals surface area contributed by atoms with E-state index in [9.17, 15) is 13.2 Å². The van der Waals surface area contributed by atoms with Crippen LogP contribution in [0.25, 0.3) is 0 Å². The van der Waals surface area contributed by atoms with Crippen LogP contribution in [0.5, 0.6) is 0 Å². The molecule has 2 aliphatic rings. The van der Waals surface area contributed by atoms with Gasteiger partial charge in [0.1, 0.15) is 5.25 Å². The first kappa shape index (κ1) is 20.2. The molecule has 1 atom stereocenters. The number of nitrogens with one attached hydrogen (secondary N) is 1. The number of carbonyl (C=O) groups excluding carboxylic acids is 1. The van der Waals surface area contributed by atoms with Crippen molar-refractivity contribution in [3.05, 3.63) is 18.0 Å². The zero-order valence-electron chi connectivity index (χ0n) is 16.0. The van der Waals surface area contributed by atoms with Gasteiger partial charge in [0.2, 0.25) is 16.0 Å². The van der Waals surface area contributed by atoms with Crippen LogP contribution in [0.1, 0.15) is 44.6 Å². The molecule has 1 amide bonds. The average molecular weight is 412 g/mol. The number of aromatic nitrogens is 2. The number of hydrogen-bond acceptors (Lipinski definition) is 7. The highest BCUT2D eigenvalue weighted by Gasteiger charge is 2.36. The molecule has 0 bridgehead atoms. The summed E-state index contributed by atoms with van der Waals surface area (Å²) in [6.07, 6.45) is 4.25. The molecule has 1 N–H and O–H groups in total. The largest absolute Gasteiger partial charge is 0.351 e.